The van der Waals surface area contributed by atoms with Crippen LogP contribution in [0.2, 0.25) is 0 Å². The molecule has 4 aromatic heterocycles. The summed E-state index contributed by atoms with van der Waals surface area (Å²) in [5, 5.41) is 7.25. The van der Waals surface area contributed by atoms with E-state index in [9.17, 15) is 0 Å². The van der Waals surface area contributed by atoms with Crippen LogP contribution in [0.4, 0.5) is 0 Å². The number of aromatic nitrogens is 4. The van der Waals surface area contributed by atoms with Crippen molar-refractivity contribution in [3.05, 3.63) is 181 Å². The molecule has 4 aromatic carbocycles. The molecule has 0 saturated heterocycles. The third-order valence-electron chi connectivity index (χ3n) is 9.56. The van der Waals surface area contributed by atoms with Crippen LogP contribution < -0.4 is 9.41 Å². The summed E-state index contributed by atoms with van der Waals surface area (Å²) in [5.74, 6) is 1.97. The molecule has 0 fully saturated rings. The maximum Gasteiger partial charge on any atom is 2.00 e. The van der Waals surface area contributed by atoms with Crippen LogP contribution in [0.15, 0.2) is 151 Å². The molecule has 0 bridgehead atoms. The predicted molar refractivity (Wildman–Crippen MR) is 202 cm³/mol. The van der Waals surface area contributed by atoms with Crippen LogP contribution in [0.25, 0.3) is 38.8 Å². The van der Waals surface area contributed by atoms with Gasteiger partial charge in [-0.15, -0.1) is 41.3 Å². The van der Waals surface area contributed by atoms with Gasteiger partial charge in [-0.25, -0.2) is 4.98 Å². The molecule has 0 aliphatic carbocycles. The zero-order chi connectivity index (χ0) is 34.5. The standard InChI is InChI=1S/C45H34N5O.Pt/c1-45(2,3)34-16-19-39-38(27-34)37-18-17-36(28-41(37)50(39)42-20-15-33(29-47-42)30-21-23-46-24-22-30)51-35-13-9-12-32(26-35)44-43(31-10-5-4-6-11-31)40-14-7-8-25-49(40)48-44;/h4-25,27,29,43H,1-3H3;/q-1;+2. The van der Waals surface area contributed by atoms with Crippen molar-refractivity contribution < 1.29 is 30.5 Å². The van der Waals surface area contributed by atoms with Gasteiger partial charge in [0.05, 0.1) is 11.6 Å². The number of benzene rings is 4. The minimum absolute atomic E-state index is 0. The Hall–Kier alpha value is -5.71. The van der Waals surface area contributed by atoms with Gasteiger partial charge in [-0.05, 0) is 69.0 Å². The Morgan fingerprint density at radius 3 is 2.33 bits per heavy atom. The molecule has 0 saturated carbocycles. The van der Waals surface area contributed by atoms with Crippen molar-refractivity contribution in [2.24, 2.45) is 5.10 Å². The smallest absolute Gasteiger partial charge is 0.503 e. The Morgan fingerprint density at radius 2 is 1.54 bits per heavy atom. The SMILES string of the molecule is CC(C)(C)c1ccc2c(c1)c1ccc(Oc3[c-]c(C4=N[n+]5ccccc5C4c4ccccc4)ccc3)[c-]c1n2-c1ccc(-c2ccncc2)cn1.[Pt+2]. The van der Waals surface area contributed by atoms with Gasteiger partial charge in [0.1, 0.15) is 5.82 Å². The summed E-state index contributed by atoms with van der Waals surface area (Å²) in [6, 6.07) is 48.8. The molecule has 0 spiro atoms. The van der Waals surface area contributed by atoms with E-state index in [1.807, 2.05) is 65.6 Å². The Balaban J connectivity index is 0.00000387. The van der Waals surface area contributed by atoms with Gasteiger partial charge < -0.3 is 9.30 Å². The molecule has 254 valence electrons. The van der Waals surface area contributed by atoms with E-state index in [0.717, 1.165) is 55.7 Å². The molecule has 1 aliphatic heterocycles. The van der Waals surface area contributed by atoms with Crippen LogP contribution in [0, 0.1) is 12.1 Å². The number of hydrogen-bond donors (Lipinski definition) is 0. The normalized spacial score (nSPS) is 13.8. The predicted octanol–water partition coefficient (Wildman–Crippen LogP) is 9.61. The quantitative estimate of drug-likeness (QED) is 0.124. The van der Waals surface area contributed by atoms with Crippen molar-refractivity contribution in [2.75, 3.05) is 0 Å². The molecule has 1 atom stereocenters. The van der Waals surface area contributed by atoms with Crippen molar-refractivity contribution in [2.45, 2.75) is 32.1 Å². The van der Waals surface area contributed by atoms with Crippen LogP contribution >= 0.6 is 0 Å². The van der Waals surface area contributed by atoms with Crippen molar-refractivity contribution in [1.29, 1.82) is 0 Å². The second kappa shape index (κ2) is 13.4. The molecular formula is C45H34N5OPt+. The molecular weight excluding hydrogens is 822 g/mol. The van der Waals surface area contributed by atoms with Gasteiger partial charge in [-0.2, -0.15) is 6.07 Å². The second-order valence-electron chi connectivity index (χ2n) is 13.9. The van der Waals surface area contributed by atoms with Crippen LogP contribution in [0.3, 0.4) is 0 Å². The second-order valence-corrected chi connectivity index (χ2v) is 13.9. The molecule has 6 nitrogen and oxygen atoms in total. The monoisotopic (exact) mass is 855 g/mol. The average Bonchev–Trinajstić information content (AvgIpc) is 3.71. The number of rotatable bonds is 6. The van der Waals surface area contributed by atoms with Crippen molar-refractivity contribution in [1.82, 2.24) is 14.5 Å². The fourth-order valence-electron chi connectivity index (χ4n) is 6.96. The summed E-state index contributed by atoms with van der Waals surface area (Å²) in [7, 11) is 0. The Bertz CT molecular complexity index is 2590. The third-order valence-corrected chi connectivity index (χ3v) is 9.56. The molecule has 52 heavy (non-hydrogen) atoms. The van der Waals surface area contributed by atoms with Crippen molar-refractivity contribution >= 4 is 27.5 Å². The maximum absolute atomic E-state index is 6.53. The number of nitrogens with zero attached hydrogens (tertiary/aromatic N) is 5. The van der Waals surface area contributed by atoms with E-state index in [0.29, 0.717) is 11.5 Å². The first-order valence-corrected chi connectivity index (χ1v) is 17.1. The minimum Gasteiger partial charge on any atom is -0.503 e. The van der Waals surface area contributed by atoms with E-state index in [4.69, 9.17) is 14.8 Å². The molecule has 1 aliphatic rings. The zero-order valence-corrected chi connectivity index (χ0v) is 31.2. The Kier molecular flexibility index (Phi) is 8.64. The molecule has 5 heterocycles. The van der Waals surface area contributed by atoms with E-state index in [-0.39, 0.29) is 32.4 Å². The Labute approximate surface area is 317 Å². The summed E-state index contributed by atoms with van der Waals surface area (Å²) in [6.07, 6.45) is 7.51. The molecule has 0 amide bonds. The Morgan fingerprint density at radius 1 is 0.731 bits per heavy atom. The van der Waals surface area contributed by atoms with E-state index >= 15 is 0 Å². The van der Waals surface area contributed by atoms with Gasteiger partial charge in [-0.1, -0.05) is 79.5 Å². The molecule has 0 radical (unpaired) electrons. The maximum atomic E-state index is 6.53. The largest absolute Gasteiger partial charge is 2.00 e. The number of hydrogen-bond acceptors (Lipinski definition) is 4. The van der Waals surface area contributed by atoms with Gasteiger partial charge in [-0.3, -0.25) is 4.98 Å². The van der Waals surface area contributed by atoms with Crippen LogP contribution in [-0.4, -0.2) is 20.2 Å². The molecule has 7 heteroatoms. The van der Waals surface area contributed by atoms with E-state index in [1.54, 1.807) is 12.4 Å². The van der Waals surface area contributed by atoms with Gasteiger partial charge in [0.15, 0.2) is 0 Å². The van der Waals surface area contributed by atoms with Crippen LogP contribution in [-0.2, 0) is 26.5 Å². The first kappa shape index (κ1) is 33.4. The molecule has 8 aromatic rings. The number of pyridine rings is 3. The topological polar surface area (TPSA) is 56.2 Å². The third kappa shape index (κ3) is 6.03. The summed E-state index contributed by atoms with van der Waals surface area (Å²) in [4.78, 5) is 9.11. The number of ether oxygens (including phenoxy) is 1. The fraction of sp³-hybridized carbons (Fsp3) is 0.111. The fourth-order valence-corrected chi connectivity index (χ4v) is 6.96. The first-order chi connectivity index (χ1) is 24.9. The van der Waals surface area contributed by atoms with Crippen LogP contribution in [0.5, 0.6) is 11.5 Å². The molecule has 9 rings (SSSR count). The van der Waals surface area contributed by atoms with E-state index < -0.39 is 0 Å². The van der Waals surface area contributed by atoms with Gasteiger partial charge in [0.2, 0.25) is 11.9 Å². The van der Waals surface area contributed by atoms with Gasteiger partial charge in [0, 0.05) is 53.3 Å². The van der Waals surface area contributed by atoms with Crippen molar-refractivity contribution in [3.8, 4) is 28.4 Å². The van der Waals surface area contributed by atoms with E-state index in [1.165, 1.54) is 11.1 Å². The number of fused-ring (bicyclic) bond motifs is 4. The van der Waals surface area contributed by atoms with Crippen molar-refractivity contribution in [3.63, 3.8) is 0 Å². The molecule has 0 N–H and O–H groups in total. The molecule has 1 unspecified atom stereocenters. The zero-order valence-electron chi connectivity index (χ0n) is 28.9. The van der Waals surface area contributed by atoms with Gasteiger partial charge in [0.25, 0.3) is 0 Å². The van der Waals surface area contributed by atoms with Gasteiger partial charge >= 0.3 is 21.1 Å². The summed E-state index contributed by atoms with van der Waals surface area (Å²) in [6.45, 7) is 6.73. The average molecular weight is 856 g/mol. The summed E-state index contributed by atoms with van der Waals surface area (Å²) < 4.78 is 10.7. The minimum atomic E-state index is -0.0204. The van der Waals surface area contributed by atoms with Crippen LogP contribution in [0.1, 0.15) is 49.1 Å². The summed E-state index contributed by atoms with van der Waals surface area (Å²) >= 11 is 0. The van der Waals surface area contributed by atoms with E-state index in [2.05, 4.69) is 115 Å². The first-order valence-electron chi connectivity index (χ1n) is 17.1. The summed E-state index contributed by atoms with van der Waals surface area (Å²) in [5.41, 5.74) is 9.43.